The van der Waals surface area contributed by atoms with Crippen molar-refractivity contribution in [1.29, 1.82) is 0 Å². The first kappa shape index (κ1) is 16.4. The number of nitrogens with zero attached hydrogens (tertiary/aromatic N) is 1. The second-order valence-electron chi connectivity index (χ2n) is 7.52. The maximum absolute atomic E-state index is 13.0. The molecule has 0 saturated heterocycles. The van der Waals surface area contributed by atoms with E-state index in [2.05, 4.69) is 46.3 Å². The zero-order valence-electron chi connectivity index (χ0n) is 15.6. The van der Waals surface area contributed by atoms with Gasteiger partial charge >= 0.3 is 0 Å². The molecular formula is C23H24N2O2. The number of benzene rings is 2. The molecular weight excluding hydrogens is 336 g/mol. The first-order chi connectivity index (χ1) is 13.3. The standard InChI is InChI=1S/C23H24N2O2/c1-2-27-17-11-9-15(10-12-17)22-21-19(18-5-3-4-6-20(18)24-21)13-14-25(22)23(26)16-7-8-16/h3-6,9-12,16,22,24H,2,7-8,13-14H2,1H3/t22-/m0/s1. The van der Waals surface area contributed by atoms with E-state index in [1.807, 2.05) is 19.1 Å². The minimum Gasteiger partial charge on any atom is -0.494 e. The molecule has 0 unspecified atom stereocenters. The minimum absolute atomic E-state index is 0.0510. The van der Waals surface area contributed by atoms with Crippen LogP contribution in [0.1, 0.15) is 42.6 Å². The van der Waals surface area contributed by atoms with Crippen molar-refractivity contribution in [3.05, 3.63) is 65.4 Å². The van der Waals surface area contributed by atoms with E-state index < -0.39 is 0 Å². The molecule has 2 aromatic carbocycles. The molecule has 1 aliphatic heterocycles. The highest BCUT2D eigenvalue weighted by Gasteiger charge is 2.40. The quantitative estimate of drug-likeness (QED) is 0.747. The molecule has 1 amide bonds. The third-order valence-electron chi connectivity index (χ3n) is 5.75. The van der Waals surface area contributed by atoms with Gasteiger partial charge in [0, 0.05) is 29.1 Å². The molecule has 2 aliphatic rings. The van der Waals surface area contributed by atoms with Crippen LogP contribution >= 0.6 is 0 Å². The van der Waals surface area contributed by atoms with Crippen LogP contribution < -0.4 is 4.74 Å². The largest absolute Gasteiger partial charge is 0.494 e. The zero-order chi connectivity index (χ0) is 18.4. The van der Waals surface area contributed by atoms with Crippen molar-refractivity contribution in [3.8, 4) is 5.75 Å². The molecule has 4 heteroatoms. The van der Waals surface area contributed by atoms with Gasteiger partial charge in [-0.15, -0.1) is 0 Å². The highest BCUT2D eigenvalue weighted by molar-refractivity contribution is 5.87. The maximum atomic E-state index is 13.0. The van der Waals surface area contributed by atoms with Crippen molar-refractivity contribution < 1.29 is 9.53 Å². The maximum Gasteiger partial charge on any atom is 0.226 e. The number of aromatic nitrogens is 1. The van der Waals surface area contributed by atoms with Gasteiger partial charge in [-0.2, -0.15) is 0 Å². The molecule has 1 fully saturated rings. The molecule has 5 rings (SSSR count). The molecule has 27 heavy (non-hydrogen) atoms. The number of H-pyrrole nitrogens is 1. The SMILES string of the molecule is CCOc1ccc([C@H]2c3[nH]c4ccccc4c3CCN2C(=O)C2CC2)cc1. The lowest BCUT2D eigenvalue weighted by atomic mass is 9.92. The van der Waals surface area contributed by atoms with Crippen molar-refractivity contribution >= 4 is 16.8 Å². The lowest BCUT2D eigenvalue weighted by Crippen LogP contribution is -2.41. The normalized spacial score (nSPS) is 19.1. The summed E-state index contributed by atoms with van der Waals surface area (Å²) in [7, 11) is 0. The Hall–Kier alpha value is -2.75. The molecule has 0 spiro atoms. The Balaban J connectivity index is 1.61. The molecule has 4 nitrogen and oxygen atoms in total. The summed E-state index contributed by atoms with van der Waals surface area (Å²) in [6.45, 7) is 3.42. The monoisotopic (exact) mass is 360 g/mol. The van der Waals surface area contributed by atoms with Crippen molar-refractivity contribution in [1.82, 2.24) is 9.88 Å². The Morgan fingerprint density at radius 3 is 2.67 bits per heavy atom. The summed E-state index contributed by atoms with van der Waals surface area (Å²) in [5.74, 6) is 1.40. The Labute approximate surface area is 159 Å². The Bertz CT molecular complexity index is 985. The lowest BCUT2D eigenvalue weighted by molar-refractivity contribution is -0.134. The summed E-state index contributed by atoms with van der Waals surface area (Å²) in [5, 5.41) is 1.28. The molecule has 138 valence electrons. The summed E-state index contributed by atoms with van der Waals surface area (Å²) in [6, 6.07) is 16.6. The van der Waals surface area contributed by atoms with Crippen molar-refractivity contribution in [3.63, 3.8) is 0 Å². The number of amides is 1. The van der Waals surface area contributed by atoms with E-state index in [1.54, 1.807) is 0 Å². The van der Waals surface area contributed by atoms with Gasteiger partial charge in [-0.25, -0.2) is 0 Å². The van der Waals surface area contributed by atoms with Gasteiger partial charge in [-0.05, 0) is 55.5 Å². The van der Waals surface area contributed by atoms with E-state index in [4.69, 9.17) is 4.74 Å². The molecule has 1 aromatic heterocycles. The summed E-state index contributed by atoms with van der Waals surface area (Å²) in [4.78, 5) is 18.7. The zero-order valence-corrected chi connectivity index (χ0v) is 15.6. The Morgan fingerprint density at radius 2 is 1.93 bits per heavy atom. The molecule has 1 atom stereocenters. The number of rotatable bonds is 4. The van der Waals surface area contributed by atoms with Crippen molar-refractivity contribution in [2.24, 2.45) is 5.92 Å². The molecule has 2 heterocycles. The Morgan fingerprint density at radius 1 is 1.15 bits per heavy atom. The topological polar surface area (TPSA) is 45.3 Å². The number of carbonyl (C=O) groups excluding carboxylic acids is 1. The van der Waals surface area contributed by atoms with Gasteiger partial charge in [0.05, 0.1) is 12.6 Å². The van der Waals surface area contributed by atoms with Gasteiger partial charge in [0.25, 0.3) is 0 Å². The first-order valence-corrected chi connectivity index (χ1v) is 9.89. The van der Waals surface area contributed by atoms with Gasteiger partial charge in [-0.3, -0.25) is 4.79 Å². The highest BCUT2D eigenvalue weighted by Crippen LogP contribution is 2.42. The minimum atomic E-state index is -0.0510. The molecule has 1 saturated carbocycles. The van der Waals surface area contributed by atoms with Crippen LogP contribution in [-0.4, -0.2) is 28.9 Å². The molecule has 0 radical (unpaired) electrons. The smallest absolute Gasteiger partial charge is 0.226 e. The number of hydrogen-bond donors (Lipinski definition) is 1. The number of carbonyl (C=O) groups is 1. The molecule has 1 N–H and O–H groups in total. The molecule has 1 aliphatic carbocycles. The fourth-order valence-corrected chi connectivity index (χ4v) is 4.30. The number of para-hydroxylation sites is 1. The van der Waals surface area contributed by atoms with Crippen LogP contribution in [0.4, 0.5) is 0 Å². The number of ether oxygens (including phenoxy) is 1. The van der Waals surface area contributed by atoms with Crippen molar-refractivity contribution in [2.75, 3.05) is 13.2 Å². The van der Waals surface area contributed by atoms with E-state index >= 15 is 0 Å². The molecule has 3 aromatic rings. The van der Waals surface area contributed by atoms with Crippen LogP contribution in [0.5, 0.6) is 5.75 Å². The average Bonchev–Trinajstić information content (AvgIpc) is 3.48. The molecule has 0 bridgehead atoms. The number of aromatic amines is 1. The van der Waals surface area contributed by atoms with Crippen LogP contribution in [0, 0.1) is 5.92 Å². The van der Waals surface area contributed by atoms with E-state index in [0.717, 1.165) is 42.6 Å². The van der Waals surface area contributed by atoms with E-state index in [9.17, 15) is 4.79 Å². The summed E-state index contributed by atoms with van der Waals surface area (Å²) in [6.07, 6.45) is 2.97. The van der Waals surface area contributed by atoms with Crippen LogP contribution in [0.3, 0.4) is 0 Å². The number of fused-ring (bicyclic) bond motifs is 3. The third kappa shape index (κ3) is 2.80. The highest BCUT2D eigenvalue weighted by atomic mass is 16.5. The van der Waals surface area contributed by atoms with Crippen LogP contribution in [0.2, 0.25) is 0 Å². The first-order valence-electron chi connectivity index (χ1n) is 9.89. The predicted molar refractivity (Wildman–Crippen MR) is 106 cm³/mol. The Kier molecular flexibility index (Phi) is 3.92. The second-order valence-corrected chi connectivity index (χ2v) is 7.52. The summed E-state index contributed by atoms with van der Waals surface area (Å²) in [5.41, 5.74) is 4.81. The third-order valence-corrected chi connectivity index (χ3v) is 5.75. The van der Waals surface area contributed by atoms with Gasteiger partial charge in [-0.1, -0.05) is 30.3 Å². The van der Waals surface area contributed by atoms with E-state index in [0.29, 0.717) is 12.5 Å². The van der Waals surface area contributed by atoms with E-state index in [1.165, 1.54) is 16.6 Å². The second kappa shape index (κ2) is 6.45. The summed E-state index contributed by atoms with van der Waals surface area (Å²) < 4.78 is 5.60. The number of nitrogens with one attached hydrogen (secondary N) is 1. The fourth-order valence-electron chi connectivity index (χ4n) is 4.30. The fraction of sp³-hybridized carbons (Fsp3) is 0.348. The lowest BCUT2D eigenvalue weighted by Gasteiger charge is -2.36. The van der Waals surface area contributed by atoms with Gasteiger partial charge in [0.1, 0.15) is 5.75 Å². The van der Waals surface area contributed by atoms with Gasteiger partial charge in [0.15, 0.2) is 0 Å². The average molecular weight is 360 g/mol. The van der Waals surface area contributed by atoms with Crippen LogP contribution in [0.25, 0.3) is 10.9 Å². The van der Waals surface area contributed by atoms with Crippen LogP contribution in [-0.2, 0) is 11.2 Å². The predicted octanol–water partition coefficient (Wildman–Crippen LogP) is 4.45. The number of hydrogen-bond acceptors (Lipinski definition) is 2. The van der Waals surface area contributed by atoms with Gasteiger partial charge < -0.3 is 14.6 Å². The van der Waals surface area contributed by atoms with Gasteiger partial charge in [0.2, 0.25) is 5.91 Å². The van der Waals surface area contributed by atoms with Crippen LogP contribution in [0.15, 0.2) is 48.5 Å². The van der Waals surface area contributed by atoms with Crippen molar-refractivity contribution in [2.45, 2.75) is 32.2 Å². The van der Waals surface area contributed by atoms with E-state index in [-0.39, 0.29) is 12.0 Å². The summed E-state index contributed by atoms with van der Waals surface area (Å²) >= 11 is 0.